The number of carbonyl (C=O) groups is 1. The molecule has 1 fully saturated rings. The number of nitrogens with zero attached hydrogens (tertiary/aromatic N) is 2. The highest BCUT2D eigenvalue weighted by Crippen LogP contribution is 2.32. The second kappa shape index (κ2) is 10.8. The summed E-state index contributed by atoms with van der Waals surface area (Å²) in [6.07, 6.45) is 5.87. The van der Waals surface area contributed by atoms with E-state index in [1.54, 1.807) is 19.2 Å². The molecule has 2 aromatic rings. The molecule has 0 radical (unpaired) electrons. The van der Waals surface area contributed by atoms with Crippen LogP contribution in [0.25, 0.3) is 0 Å². The molecule has 3 rings (SSSR count). The minimum absolute atomic E-state index is 0.375. The Kier molecular flexibility index (Phi) is 7.85. The number of benzene rings is 2. The number of carbonyl (C=O) groups excluding carboxylic acids is 1. The number of primary amides is 1. The maximum absolute atomic E-state index is 11.2. The molecule has 160 valence electrons. The lowest BCUT2D eigenvalue weighted by atomic mass is 10.1. The van der Waals surface area contributed by atoms with Gasteiger partial charge in [0, 0.05) is 18.3 Å². The Morgan fingerprint density at radius 2 is 1.90 bits per heavy atom. The number of aryl methyl sites for hydroxylation is 1. The van der Waals surface area contributed by atoms with E-state index in [1.807, 2.05) is 31.3 Å². The molecule has 0 aliphatic carbocycles. The number of rotatable bonds is 9. The number of amides is 1. The summed E-state index contributed by atoms with van der Waals surface area (Å²) < 4.78 is 11.6. The van der Waals surface area contributed by atoms with Gasteiger partial charge in [-0.2, -0.15) is 0 Å². The van der Waals surface area contributed by atoms with Gasteiger partial charge in [0.15, 0.2) is 11.5 Å². The molecule has 6 heteroatoms. The van der Waals surface area contributed by atoms with Gasteiger partial charge in [0.2, 0.25) is 5.91 Å². The second-order valence-corrected chi connectivity index (χ2v) is 7.66. The van der Waals surface area contributed by atoms with E-state index in [0.717, 1.165) is 29.8 Å². The number of aliphatic imine (C=N–C) groups is 1. The number of likely N-dealkylation sites (tertiary alicyclic amines) is 1. The van der Waals surface area contributed by atoms with E-state index in [2.05, 4.69) is 16.0 Å². The Hall–Kier alpha value is -2.86. The molecule has 0 bridgehead atoms. The second-order valence-electron chi connectivity index (χ2n) is 7.66. The third kappa shape index (κ3) is 6.07. The summed E-state index contributed by atoms with van der Waals surface area (Å²) in [6.45, 7) is 6.58. The highest BCUT2D eigenvalue weighted by atomic mass is 16.5. The average molecular weight is 410 g/mol. The van der Waals surface area contributed by atoms with Crippen LogP contribution in [0.2, 0.25) is 0 Å². The number of methoxy groups -OCH3 is 1. The summed E-state index contributed by atoms with van der Waals surface area (Å²) in [6, 6.07) is 11.1. The smallest absolute Gasteiger partial charge is 0.248 e. The Balaban J connectivity index is 1.60. The van der Waals surface area contributed by atoms with E-state index in [1.165, 1.54) is 32.4 Å². The van der Waals surface area contributed by atoms with Crippen LogP contribution < -0.4 is 15.2 Å². The molecule has 2 N–H and O–H groups in total. The third-order valence-corrected chi connectivity index (χ3v) is 5.34. The first kappa shape index (κ1) is 21.8. The van der Waals surface area contributed by atoms with Crippen molar-refractivity contribution < 1.29 is 14.3 Å². The van der Waals surface area contributed by atoms with Crippen LogP contribution in [0.15, 0.2) is 41.4 Å². The summed E-state index contributed by atoms with van der Waals surface area (Å²) in [4.78, 5) is 18.3. The number of hydrogen-bond acceptors (Lipinski definition) is 5. The zero-order valence-electron chi connectivity index (χ0n) is 17.9. The Morgan fingerprint density at radius 3 is 2.57 bits per heavy atom. The van der Waals surface area contributed by atoms with Gasteiger partial charge >= 0.3 is 0 Å². The first-order chi connectivity index (χ1) is 14.6. The predicted molar refractivity (Wildman–Crippen MR) is 120 cm³/mol. The number of nitrogens with two attached hydrogens (primary N) is 1. The zero-order chi connectivity index (χ0) is 21.3. The van der Waals surface area contributed by atoms with E-state index >= 15 is 0 Å². The van der Waals surface area contributed by atoms with E-state index in [-0.39, 0.29) is 0 Å². The Bertz CT molecular complexity index is 872. The van der Waals surface area contributed by atoms with Crippen LogP contribution in [0.3, 0.4) is 0 Å². The number of hydrogen-bond donors (Lipinski definition) is 1. The molecular formula is C24H31N3O3. The Morgan fingerprint density at radius 1 is 1.17 bits per heavy atom. The molecule has 0 atom stereocenters. The van der Waals surface area contributed by atoms with Crippen LogP contribution in [-0.4, -0.2) is 50.3 Å². The molecule has 1 aliphatic heterocycles. The predicted octanol–water partition coefficient (Wildman–Crippen LogP) is 3.59. The van der Waals surface area contributed by atoms with Gasteiger partial charge in [0.05, 0.1) is 13.7 Å². The average Bonchev–Trinajstić information content (AvgIpc) is 2.76. The number of piperidine rings is 1. The standard InChI is InChI=1S/C24H31N3O3/c1-18-14-20(16-26-10-13-27-11-4-3-5-12-27)15-22(29-2)23(18)30-17-19-6-8-21(9-7-19)24(25)28/h6-9,14-16H,3-5,10-13,17H2,1-2H3,(H2,25,28). The first-order valence-electron chi connectivity index (χ1n) is 10.5. The quantitative estimate of drug-likeness (QED) is 0.642. The molecule has 0 saturated carbocycles. The number of ether oxygens (including phenoxy) is 2. The van der Waals surface area contributed by atoms with Crippen molar-refractivity contribution in [2.75, 3.05) is 33.3 Å². The Labute approximate surface area is 178 Å². The van der Waals surface area contributed by atoms with Crippen molar-refractivity contribution in [3.8, 4) is 11.5 Å². The third-order valence-electron chi connectivity index (χ3n) is 5.34. The first-order valence-corrected chi connectivity index (χ1v) is 10.5. The van der Waals surface area contributed by atoms with Crippen molar-refractivity contribution in [3.05, 3.63) is 58.7 Å². The SMILES string of the molecule is COc1cc(C=NCCN2CCCCC2)cc(C)c1OCc1ccc(C(N)=O)cc1. The van der Waals surface area contributed by atoms with Crippen LogP contribution >= 0.6 is 0 Å². The van der Waals surface area contributed by atoms with Gasteiger partial charge in [-0.05, 0) is 73.8 Å². The van der Waals surface area contributed by atoms with Gasteiger partial charge in [-0.3, -0.25) is 9.79 Å². The van der Waals surface area contributed by atoms with Crippen molar-refractivity contribution in [1.82, 2.24) is 4.90 Å². The molecule has 0 spiro atoms. The van der Waals surface area contributed by atoms with Crippen molar-refractivity contribution in [1.29, 1.82) is 0 Å². The molecule has 0 aromatic heterocycles. The maximum Gasteiger partial charge on any atom is 0.248 e. The van der Waals surface area contributed by atoms with Crippen LogP contribution in [0.4, 0.5) is 0 Å². The molecule has 1 aliphatic rings. The highest BCUT2D eigenvalue weighted by molar-refractivity contribution is 5.92. The van der Waals surface area contributed by atoms with E-state index in [0.29, 0.717) is 23.7 Å². The summed E-state index contributed by atoms with van der Waals surface area (Å²) in [5, 5.41) is 0. The van der Waals surface area contributed by atoms with Crippen LogP contribution in [-0.2, 0) is 6.61 Å². The van der Waals surface area contributed by atoms with Crippen LogP contribution in [0, 0.1) is 6.92 Å². The summed E-state index contributed by atoms with van der Waals surface area (Å²) in [5.74, 6) is 0.955. The van der Waals surface area contributed by atoms with Gasteiger partial charge in [0.1, 0.15) is 6.61 Å². The lowest BCUT2D eigenvalue weighted by Crippen LogP contribution is -2.31. The topological polar surface area (TPSA) is 77.2 Å². The molecule has 1 amide bonds. The molecule has 30 heavy (non-hydrogen) atoms. The van der Waals surface area contributed by atoms with Crippen molar-refractivity contribution >= 4 is 12.1 Å². The minimum atomic E-state index is -0.437. The molecule has 1 heterocycles. The molecule has 6 nitrogen and oxygen atoms in total. The van der Waals surface area contributed by atoms with Gasteiger partial charge < -0.3 is 20.1 Å². The van der Waals surface area contributed by atoms with Gasteiger partial charge in [-0.25, -0.2) is 0 Å². The summed E-state index contributed by atoms with van der Waals surface area (Å²) in [5.41, 5.74) is 8.70. The molecule has 1 saturated heterocycles. The minimum Gasteiger partial charge on any atom is -0.493 e. The fourth-order valence-corrected chi connectivity index (χ4v) is 3.65. The van der Waals surface area contributed by atoms with Gasteiger partial charge in [-0.15, -0.1) is 0 Å². The molecular weight excluding hydrogens is 378 g/mol. The lowest BCUT2D eigenvalue weighted by Gasteiger charge is -2.25. The zero-order valence-corrected chi connectivity index (χ0v) is 17.9. The van der Waals surface area contributed by atoms with E-state index in [4.69, 9.17) is 15.2 Å². The fraction of sp³-hybridized carbons (Fsp3) is 0.417. The monoisotopic (exact) mass is 409 g/mol. The largest absolute Gasteiger partial charge is 0.493 e. The fourth-order valence-electron chi connectivity index (χ4n) is 3.65. The van der Waals surface area contributed by atoms with E-state index in [9.17, 15) is 4.79 Å². The lowest BCUT2D eigenvalue weighted by molar-refractivity contribution is 0.1000. The maximum atomic E-state index is 11.2. The molecule has 0 unspecified atom stereocenters. The summed E-state index contributed by atoms with van der Waals surface area (Å²) >= 11 is 0. The van der Waals surface area contributed by atoms with Crippen molar-refractivity contribution in [2.24, 2.45) is 10.7 Å². The van der Waals surface area contributed by atoms with Crippen molar-refractivity contribution in [2.45, 2.75) is 32.8 Å². The van der Waals surface area contributed by atoms with Gasteiger partial charge in [0.25, 0.3) is 0 Å². The van der Waals surface area contributed by atoms with Crippen LogP contribution in [0.1, 0.15) is 46.3 Å². The van der Waals surface area contributed by atoms with Crippen LogP contribution in [0.5, 0.6) is 11.5 Å². The summed E-state index contributed by atoms with van der Waals surface area (Å²) in [7, 11) is 1.64. The molecule has 2 aromatic carbocycles. The van der Waals surface area contributed by atoms with E-state index < -0.39 is 5.91 Å². The van der Waals surface area contributed by atoms with Gasteiger partial charge in [-0.1, -0.05) is 18.6 Å². The van der Waals surface area contributed by atoms with Crippen molar-refractivity contribution in [3.63, 3.8) is 0 Å². The highest BCUT2D eigenvalue weighted by Gasteiger charge is 2.11. The normalized spacial score (nSPS) is 14.7.